The zero-order chi connectivity index (χ0) is 17.3. The number of fused-ring (bicyclic) bond motifs is 1. The minimum Gasteiger partial charge on any atom is -0.351 e. The van der Waals surface area contributed by atoms with Gasteiger partial charge in [0, 0.05) is 25.2 Å². The maximum Gasteiger partial charge on any atom is 0.200 e. The fourth-order valence-corrected chi connectivity index (χ4v) is 4.57. The lowest BCUT2D eigenvalue weighted by Gasteiger charge is -2.35. The van der Waals surface area contributed by atoms with Crippen LogP contribution in [-0.2, 0) is 6.54 Å². The highest BCUT2D eigenvalue weighted by Gasteiger charge is 2.38. The predicted molar refractivity (Wildman–Crippen MR) is 98.8 cm³/mol. The highest BCUT2D eigenvalue weighted by Crippen LogP contribution is 2.33. The number of nitrogens with zero attached hydrogens (tertiary/aromatic N) is 7. The van der Waals surface area contributed by atoms with Crippen LogP contribution in [0.2, 0.25) is 0 Å². The molecule has 2 unspecified atom stereocenters. The van der Waals surface area contributed by atoms with Gasteiger partial charge in [0.25, 0.3) is 0 Å². The van der Waals surface area contributed by atoms with Gasteiger partial charge in [0.15, 0.2) is 11.5 Å². The second-order valence-electron chi connectivity index (χ2n) is 7.29. The molecule has 2 aromatic heterocycles. The molecular formula is C19H23N7. The van der Waals surface area contributed by atoms with Gasteiger partial charge in [-0.1, -0.05) is 30.3 Å². The monoisotopic (exact) mass is 349 g/mol. The normalized spacial score (nSPS) is 23.9. The number of benzene rings is 1. The molecule has 2 aliphatic heterocycles. The molecule has 26 heavy (non-hydrogen) atoms. The Hall–Kier alpha value is -2.54. The molecule has 0 saturated carbocycles. The molecule has 2 fully saturated rings. The van der Waals surface area contributed by atoms with Crippen molar-refractivity contribution in [2.45, 2.75) is 44.3 Å². The van der Waals surface area contributed by atoms with Crippen molar-refractivity contribution < 1.29 is 0 Å². The minimum atomic E-state index is 0.516. The van der Waals surface area contributed by atoms with Crippen molar-refractivity contribution in [1.82, 2.24) is 30.2 Å². The lowest BCUT2D eigenvalue weighted by molar-refractivity contribution is 0.215. The summed E-state index contributed by atoms with van der Waals surface area (Å²) in [4.78, 5) is 5.13. The molecular weight excluding hydrogens is 326 g/mol. The van der Waals surface area contributed by atoms with E-state index in [1.807, 2.05) is 6.07 Å². The summed E-state index contributed by atoms with van der Waals surface area (Å²) in [6.07, 6.45) is 4.99. The largest absolute Gasteiger partial charge is 0.351 e. The van der Waals surface area contributed by atoms with E-state index in [1.165, 1.54) is 42.4 Å². The second kappa shape index (κ2) is 6.64. The molecule has 2 atom stereocenters. The van der Waals surface area contributed by atoms with Crippen molar-refractivity contribution in [2.24, 2.45) is 0 Å². The van der Waals surface area contributed by atoms with Gasteiger partial charge >= 0.3 is 0 Å². The number of anilines is 1. The summed E-state index contributed by atoms with van der Waals surface area (Å²) in [5, 5.41) is 16.2. The Bertz CT molecular complexity index is 878. The first kappa shape index (κ1) is 15.7. The molecule has 7 heteroatoms. The van der Waals surface area contributed by atoms with E-state index in [0.29, 0.717) is 17.7 Å². The molecule has 5 rings (SSSR count). The van der Waals surface area contributed by atoms with Crippen molar-refractivity contribution >= 4 is 11.5 Å². The number of likely N-dealkylation sites (tertiary alicyclic amines) is 1. The number of hydrogen-bond donors (Lipinski definition) is 0. The molecule has 2 saturated heterocycles. The van der Waals surface area contributed by atoms with Crippen molar-refractivity contribution in [3.05, 3.63) is 48.0 Å². The highest BCUT2D eigenvalue weighted by molar-refractivity contribution is 5.46. The Labute approximate surface area is 152 Å². The van der Waals surface area contributed by atoms with E-state index in [4.69, 9.17) is 0 Å². The summed E-state index contributed by atoms with van der Waals surface area (Å²) >= 11 is 0. The third-order valence-corrected chi connectivity index (χ3v) is 5.74. The number of hydrogen-bond acceptors (Lipinski definition) is 6. The van der Waals surface area contributed by atoms with Crippen LogP contribution < -0.4 is 4.90 Å². The van der Waals surface area contributed by atoms with E-state index in [9.17, 15) is 0 Å². The van der Waals surface area contributed by atoms with Crippen LogP contribution in [-0.4, -0.2) is 55.3 Å². The fraction of sp³-hybridized carbons (Fsp3) is 0.474. The Morgan fingerprint density at radius 2 is 1.77 bits per heavy atom. The molecule has 3 aromatic rings. The molecule has 0 radical (unpaired) electrons. The van der Waals surface area contributed by atoms with Crippen LogP contribution in [0.15, 0.2) is 42.5 Å². The first-order valence-corrected chi connectivity index (χ1v) is 9.48. The van der Waals surface area contributed by atoms with Crippen LogP contribution in [0, 0.1) is 0 Å². The Morgan fingerprint density at radius 3 is 2.69 bits per heavy atom. The average Bonchev–Trinajstić information content (AvgIpc) is 3.41. The molecule has 0 N–H and O–H groups in total. The number of rotatable bonds is 4. The predicted octanol–water partition coefficient (Wildman–Crippen LogP) is 2.15. The molecule has 134 valence electrons. The summed E-state index contributed by atoms with van der Waals surface area (Å²) in [7, 11) is 0. The van der Waals surface area contributed by atoms with Crippen LogP contribution in [0.4, 0.5) is 5.82 Å². The Kier molecular flexibility index (Phi) is 4.01. The first-order valence-electron chi connectivity index (χ1n) is 9.48. The Morgan fingerprint density at radius 1 is 0.923 bits per heavy atom. The van der Waals surface area contributed by atoms with Crippen LogP contribution in [0.25, 0.3) is 5.65 Å². The zero-order valence-electron chi connectivity index (χ0n) is 14.8. The van der Waals surface area contributed by atoms with Crippen molar-refractivity contribution in [3.63, 3.8) is 0 Å². The number of tetrazole rings is 1. The smallest absolute Gasteiger partial charge is 0.200 e. The van der Waals surface area contributed by atoms with E-state index in [2.05, 4.69) is 66.8 Å². The average molecular weight is 349 g/mol. The van der Waals surface area contributed by atoms with Crippen LogP contribution in [0.3, 0.4) is 0 Å². The van der Waals surface area contributed by atoms with E-state index >= 15 is 0 Å². The molecule has 7 nitrogen and oxygen atoms in total. The molecule has 0 aliphatic carbocycles. The van der Waals surface area contributed by atoms with Crippen molar-refractivity contribution in [2.75, 3.05) is 18.0 Å². The highest BCUT2D eigenvalue weighted by atomic mass is 15.6. The molecule has 2 aliphatic rings. The van der Waals surface area contributed by atoms with Gasteiger partial charge in [-0.05, 0) is 60.4 Å². The summed E-state index contributed by atoms with van der Waals surface area (Å²) in [5.74, 6) is 0.985. The van der Waals surface area contributed by atoms with Gasteiger partial charge in [-0.3, -0.25) is 4.90 Å². The van der Waals surface area contributed by atoms with Crippen LogP contribution >= 0.6 is 0 Å². The Balaban J connectivity index is 1.38. The van der Waals surface area contributed by atoms with Crippen LogP contribution in [0.5, 0.6) is 0 Å². The maximum absolute atomic E-state index is 4.64. The molecule has 0 amide bonds. The molecule has 0 spiro atoms. The second-order valence-corrected chi connectivity index (χ2v) is 7.29. The van der Waals surface area contributed by atoms with Crippen molar-refractivity contribution in [1.29, 1.82) is 0 Å². The standard InChI is InChI=1S/C19H23N7/c1-2-6-15(7-3-1)14-24-12-4-8-16(24)17-9-5-13-25(17)19-11-10-18-20-22-23-26(18)21-19/h1-3,6-7,10-11,16-17H,4-5,8-9,12-14H2. The summed E-state index contributed by atoms with van der Waals surface area (Å²) in [6.45, 7) is 3.28. The molecule has 1 aromatic carbocycles. The van der Waals surface area contributed by atoms with Gasteiger partial charge in [-0.25, -0.2) is 0 Å². The lowest BCUT2D eigenvalue weighted by Crippen LogP contribution is -2.46. The topological polar surface area (TPSA) is 62.5 Å². The van der Waals surface area contributed by atoms with Gasteiger partial charge in [0.1, 0.15) is 0 Å². The van der Waals surface area contributed by atoms with Gasteiger partial charge < -0.3 is 4.90 Å². The quantitative estimate of drug-likeness (QED) is 0.719. The zero-order valence-corrected chi connectivity index (χ0v) is 14.8. The van der Waals surface area contributed by atoms with E-state index in [-0.39, 0.29) is 0 Å². The first-order chi connectivity index (χ1) is 12.9. The van der Waals surface area contributed by atoms with Gasteiger partial charge in [0.05, 0.1) is 0 Å². The molecule has 4 heterocycles. The summed E-state index contributed by atoms with van der Waals surface area (Å²) in [6, 6.07) is 15.9. The van der Waals surface area contributed by atoms with Crippen molar-refractivity contribution in [3.8, 4) is 0 Å². The summed E-state index contributed by atoms with van der Waals surface area (Å²) in [5.41, 5.74) is 2.09. The third kappa shape index (κ3) is 2.82. The number of aromatic nitrogens is 5. The maximum atomic E-state index is 4.64. The third-order valence-electron chi connectivity index (χ3n) is 5.74. The molecule has 0 bridgehead atoms. The van der Waals surface area contributed by atoms with Crippen LogP contribution in [0.1, 0.15) is 31.2 Å². The fourth-order valence-electron chi connectivity index (χ4n) is 4.57. The van der Waals surface area contributed by atoms with E-state index < -0.39 is 0 Å². The lowest BCUT2D eigenvalue weighted by atomic mass is 10.0. The van der Waals surface area contributed by atoms with E-state index in [0.717, 1.165) is 18.9 Å². The minimum absolute atomic E-state index is 0.516. The summed E-state index contributed by atoms with van der Waals surface area (Å²) < 4.78 is 1.53. The van der Waals surface area contributed by atoms with Gasteiger partial charge in [-0.2, -0.15) is 0 Å². The van der Waals surface area contributed by atoms with Gasteiger partial charge in [0.2, 0.25) is 0 Å². The van der Waals surface area contributed by atoms with Gasteiger partial charge in [-0.15, -0.1) is 14.8 Å². The SMILES string of the molecule is c1ccc(CN2CCCC2C2CCCN2c2ccc3nnnn3n2)cc1. The van der Waals surface area contributed by atoms with E-state index in [1.54, 1.807) is 0 Å².